The van der Waals surface area contributed by atoms with Gasteiger partial charge >= 0.3 is 5.97 Å². The van der Waals surface area contributed by atoms with Crippen molar-refractivity contribution >= 4 is 28.6 Å². The minimum absolute atomic E-state index is 0.397. The third-order valence-corrected chi connectivity index (χ3v) is 2.57. The van der Waals surface area contributed by atoms with Crippen LogP contribution in [0.4, 0.5) is 0 Å². The molecule has 0 atom stereocenters. The molecule has 0 aliphatic rings. The summed E-state index contributed by atoms with van der Waals surface area (Å²) in [5.41, 5.74) is 1.86. The minimum Gasteiger partial charge on any atom is -0.464 e. The summed E-state index contributed by atoms with van der Waals surface area (Å²) in [5.74, 6) is -0.397. The van der Waals surface area contributed by atoms with Crippen LogP contribution in [0.5, 0.6) is 0 Å². The molecule has 0 saturated heterocycles. The van der Waals surface area contributed by atoms with Gasteiger partial charge in [-0.3, -0.25) is 4.98 Å². The smallest absolute Gasteiger partial charge is 0.354 e. The molecule has 0 bridgehead atoms. The summed E-state index contributed by atoms with van der Waals surface area (Å²) in [4.78, 5) is 15.5. The molecule has 2 heterocycles. The van der Waals surface area contributed by atoms with Crippen LogP contribution in [-0.4, -0.2) is 22.6 Å². The first-order chi connectivity index (χ1) is 7.15. The van der Waals surface area contributed by atoms with E-state index in [1.54, 1.807) is 29.9 Å². The van der Waals surface area contributed by atoms with E-state index in [0.717, 1.165) is 5.52 Å². The molecule has 0 aliphatic carbocycles. The molecule has 2 aromatic heterocycles. The van der Waals surface area contributed by atoms with Crippen molar-refractivity contribution in [3.8, 4) is 0 Å². The van der Waals surface area contributed by atoms with Gasteiger partial charge in [-0.1, -0.05) is 11.6 Å². The van der Waals surface area contributed by atoms with Crippen LogP contribution >= 0.6 is 11.6 Å². The zero-order valence-electron chi connectivity index (χ0n) is 8.32. The van der Waals surface area contributed by atoms with Crippen LogP contribution in [0.3, 0.4) is 0 Å². The number of aryl methyl sites for hydroxylation is 1. The molecular weight excluding hydrogens is 216 g/mol. The Bertz CT molecular complexity index is 533. The van der Waals surface area contributed by atoms with Crippen molar-refractivity contribution < 1.29 is 9.53 Å². The molecule has 0 unspecified atom stereocenters. The van der Waals surface area contributed by atoms with Gasteiger partial charge < -0.3 is 9.30 Å². The maximum absolute atomic E-state index is 11.4. The summed E-state index contributed by atoms with van der Waals surface area (Å²) in [6.07, 6.45) is 1.60. The number of fused-ring (bicyclic) bond motifs is 1. The standard InChI is InChI=1S/C10H9ClN2O2/c1-13-8(10(14)15-2)5-7-9(13)6(11)3-4-12-7/h3-5H,1-2H3. The number of hydrogen-bond donors (Lipinski definition) is 0. The molecule has 0 spiro atoms. The van der Waals surface area contributed by atoms with E-state index in [1.807, 2.05) is 0 Å². The average Bonchev–Trinajstić information content (AvgIpc) is 2.56. The van der Waals surface area contributed by atoms with Crippen molar-refractivity contribution in [2.45, 2.75) is 0 Å². The molecule has 2 aromatic rings. The predicted octanol–water partition coefficient (Wildman–Crippen LogP) is 2.01. The molecule has 0 saturated carbocycles. The fourth-order valence-electron chi connectivity index (χ4n) is 1.53. The highest BCUT2D eigenvalue weighted by Gasteiger charge is 2.15. The highest BCUT2D eigenvalue weighted by atomic mass is 35.5. The first-order valence-corrected chi connectivity index (χ1v) is 4.71. The van der Waals surface area contributed by atoms with Gasteiger partial charge in [0.25, 0.3) is 0 Å². The molecular formula is C10H9ClN2O2. The van der Waals surface area contributed by atoms with Gasteiger partial charge in [0.15, 0.2) is 0 Å². The molecule has 78 valence electrons. The number of aromatic nitrogens is 2. The summed E-state index contributed by atoms with van der Waals surface area (Å²) in [6.45, 7) is 0. The monoisotopic (exact) mass is 224 g/mol. The summed E-state index contributed by atoms with van der Waals surface area (Å²) >= 11 is 6.01. The quantitative estimate of drug-likeness (QED) is 0.696. The third-order valence-electron chi connectivity index (χ3n) is 2.27. The molecule has 5 heteroatoms. The molecule has 0 N–H and O–H groups in total. The molecule has 0 aromatic carbocycles. The van der Waals surface area contributed by atoms with E-state index in [-0.39, 0.29) is 0 Å². The Labute approximate surface area is 91.4 Å². The first kappa shape index (κ1) is 9.98. The topological polar surface area (TPSA) is 44.1 Å². The van der Waals surface area contributed by atoms with E-state index < -0.39 is 5.97 Å². The van der Waals surface area contributed by atoms with Crippen LogP contribution in [0, 0.1) is 0 Å². The summed E-state index contributed by atoms with van der Waals surface area (Å²) in [5, 5.41) is 0.567. The SMILES string of the molecule is COC(=O)c1cc2nccc(Cl)c2n1C. The van der Waals surface area contributed by atoms with E-state index in [2.05, 4.69) is 9.72 Å². The molecule has 0 fully saturated rings. The third kappa shape index (κ3) is 1.47. The van der Waals surface area contributed by atoms with E-state index in [0.29, 0.717) is 16.2 Å². The summed E-state index contributed by atoms with van der Waals surface area (Å²) in [7, 11) is 3.09. The largest absolute Gasteiger partial charge is 0.464 e. The Kier molecular flexibility index (Phi) is 2.36. The van der Waals surface area contributed by atoms with Crippen LogP contribution in [0.25, 0.3) is 11.0 Å². The number of rotatable bonds is 1. The Morgan fingerprint density at radius 1 is 1.60 bits per heavy atom. The van der Waals surface area contributed by atoms with Crippen molar-refractivity contribution in [2.75, 3.05) is 7.11 Å². The number of carbonyl (C=O) groups is 1. The van der Waals surface area contributed by atoms with Gasteiger partial charge in [-0.2, -0.15) is 0 Å². The fourth-order valence-corrected chi connectivity index (χ4v) is 1.81. The number of nitrogens with zero attached hydrogens (tertiary/aromatic N) is 2. The second-order valence-corrected chi connectivity index (χ2v) is 3.51. The Morgan fingerprint density at radius 2 is 2.33 bits per heavy atom. The van der Waals surface area contributed by atoms with Crippen molar-refractivity contribution in [3.63, 3.8) is 0 Å². The lowest BCUT2D eigenvalue weighted by Gasteiger charge is -2.02. The van der Waals surface area contributed by atoms with Crippen molar-refractivity contribution in [3.05, 3.63) is 29.0 Å². The van der Waals surface area contributed by atoms with Crippen molar-refractivity contribution in [1.29, 1.82) is 0 Å². The number of halogens is 1. The second-order valence-electron chi connectivity index (χ2n) is 3.11. The van der Waals surface area contributed by atoms with Gasteiger partial charge in [0.2, 0.25) is 0 Å². The lowest BCUT2D eigenvalue weighted by Crippen LogP contribution is -2.07. The minimum atomic E-state index is -0.397. The number of esters is 1. The second kappa shape index (κ2) is 3.55. The number of ether oxygens (including phenoxy) is 1. The Morgan fingerprint density at radius 3 is 2.93 bits per heavy atom. The van der Waals surface area contributed by atoms with Crippen LogP contribution in [-0.2, 0) is 11.8 Å². The van der Waals surface area contributed by atoms with Gasteiger partial charge in [0.1, 0.15) is 5.69 Å². The predicted molar refractivity (Wildman–Crippen MR) is 57.1 cm³/mol. The van der Waals surface area contributed by atoms with Gasteiger partial charge in [0.05, 0.1) is 23.2 Å². The maximum atomic E-state index is 11.4. The van der Waals surface area contributed by atoms with Crippen LogP contribution in [0.15, 0.2) is 18.3 Å². The first-order valence-electron chi connectivity index (χ1n) is 4.33. The van der Waals surface area contributed by atoms with Crippen LogP contribution in [0.2, 0.25) is 5.02 Å². The Hall–Kier alpha value is -1.55. The molecule has 0 radical (unpaired) electrons. The maximum Gasteiger partial charge on any atom is 0.354 e. The van der Waals surface area contributed by atoms with Crippen molar-refractivity contribution in [1.82, 2.24) is 9.55 Å². The van der Waals surface area contributed by atoms with E-state index >= 15 is 0 Å². The highest BCUT2D eigenvalue weighted by molar-refractivity contribution is 6.35. The zero-order chi connectivity index (χ0) is 11.0. The molecule has 0 amide bonds. The van der Waals surface area contributed by atoms with Gasteiger partial charge in [-0.15, -0.1) is 0 Å². The van der Waals surface area contributed by atoms with E-state index in [4.69, 9.17) is 11.6 Å². The normalized spacial score (nSPS) is 10.6. The number of methoxy groups -OCH3 is 1. The number of carbonyl (C=O) groups excluding carboxylic acids is 1. The number of hydrogen-bond acceptors (Lipinski definition) is 3. The molecule has 4 nitrogen and oxygen atoms in total. The van der Waals surface area contributed by atoms with Gasteiger partial charge in [0, 0.05) is 13.2 Å². The van der Waals surface area contributed by atoms with Crippen LogP contribution in [0.1, 0.15) is 10.5 Å². The Balaban J connectivity index is 2.75. The molecule has 0 aliphatic heterocycles. The van der Waals surface area contributed by atoms with Crippen LogP contribution < -0.4 is 0 Å². The molecule has 15 heavy (non-hydrogen) atoms. The summed E-state index contributed by atoms with van der Waals surface area (Å²) < 4.78 is 6.33. The van der Waals surface area contributed by atoms with E-state index in [1.165, 1.54) is 7.11 Å². The number of pyridine rings is 1. The zero-order valence-corrected chi connectivity index (χ0v) is 9.08. The average molecular weight is 225 g/mol. The molecule has 2 rings (SSSR count). The highest BCUT2D eigenvalue weighted by Crippen LogP contribution is 2.24. The van der Waals surface area contributed by atoms with Gasteiger partial charge in [-0.05, 0) is 12.1 Å². The summed E-state index contributed by atoms with van der Waals surface area (Å²) in [6, 6.07) is 3.35. The lowest BCUT2D eigenvalue weighted by molar-refractivity contribution is 0.0590. The van der Waals surface area contributed by atoms with Gasteiger partial charge in [-0.25, -0.2) is 4.79 Å². The lowest BCUT2D eigenvalue weighted by atomic mass is 10.4. The van der Waals surface area contributed by atoms with Crippen molar-refractivity contribution in [2.24, 2.45) is 7.05 Å². The fraction of sp³-hybridized carbons (Fsp3) is 0.200. The van der Waals surface area contributed by atoms with E-state index in [9.17, 15) is 4.79 Å².